The Bertz CT molecular complexity index is 1410. The predicted octanol–water partition coefficient (Wildman–Crippen LogP) is 6.25. The average Bonchev–Trinajstić information content (AvgIpc) is 2.84. The van der Waals surface area contributed by atoms with Crippen LogP contribution in [0.5, 0.6) is 0 Å². The molecule has 1 aromatic heterocycles. The monoisotopic (exact) mass is 468 g/mol. The summed E-state index contributed by atoms with van der Waals surface area (Å²) in [5, 5.41) is 3.60. The van der Waals surface area contributed by atoms with E-state index in [1.807, 2.05) is 87.5 Å². The summed E-state index contributed by atoms with van der Waals surface area (Å²) in [6, 6.07) is 22.2. The lowest BCUT2D eigenvalue weighted by Crippen LogP contribution is -2.41. The van der Waals surface area contributed by atoms with Gasteiger partial charge in [0.25, 0.3) is 5.56 Å². The molecule has 2 amide bonds. The van der Waals surface area contributed by atoms with Crippen LogP contribution in [-0.2, 0) is 0 Å². The molecule has 1 atom stereocenters. The third-order valence-corrected chi connectivity index (χ3v) is 6.14. The van der Waals surface area contributed by atoms with E-state index in [9.17, 15) is 9.59 Å². The molecule has 0 spiro atoms. The third-order valence-electron chi connectivity index (χ3n) is 6.14. The molecule has 1 N–H and O–H groups in total. The van der Waals surface area contributed by atoms with Crippen LogP contribution in [0.3, 0.4) is 0 Å². The van der Waals surface area contributed by atoms with Gasteiger partial charge in [-0.1, -0.05) is 61.9 Å². The van der Waals surface area contributed by atoms with E-state index >= 15 is 0 Å². The van der Waals surface area contributed by atoms with Crippen LogP contribution in [0, 0.1) is 19.8 Å². The quantitative estimate of drug-likeness (QED) is 0.363. The van der Waals surface area contributed by atoms with Gasteiger partial charge in [0.1, 0.15) is 5.82 Å². The predicted molar refractivity (Wildman–Crippen MR) is 142 cm³/mol. The molecule has 6 nitrogen and oxygen atoms in total. The van der Waals surface area contributed by atoms with Gasteiger partial charge in [-0.2, -0.15) is 0 Å². The molecule has 0 radical (unpaired) electrons. The van der Waals surface area contributed by atoms with E-state index in [4.69, 9.17) is 4.98 Å². The van der Waals surface area contributed by atoms with Gasteiger partial charge in [0.2, 0.25) is 0 Å². The van der Waals surface area contributed by atoms with E-state index < -0.39 is 6.04 Å². The average molecular weight is 469 g/mol. The molecule has 0 saturated carbocycles. The first-order valence-electron chi connectivity index (χ1n) is 12.0. The normalized spacial score (nSPS) is 12.1. The lowest BCUT2D eigenvalue weighted by atomic mass is 10.1. The molecule has 4 aromatic rings. The van der Waals surface area contributed by atoms with Gasteiger partial charge in [0.05, 0.1) is 22.6 Å². The van der Waals surface area contributed by atoms with Crippen LogP contribution in [-0.4, -0.2) is 27.0 Å². The van der Waals surface area contributed by atoms with E-state index in [1.54, 1.807) is 15.5 Å². The number of hydrogen-bond acceptors (Lipinski definition) is 3. The Morgan fingerprint density at radius 1 is 0.943 bits per heavy atom. The highest BCUT2D eigenvalue weighted by molar-refractivity contribution is 5.90. The fourth-order valence-electron chi connectivity index (χ4n) is 4.22. The van der Waals surface area contributed by atoms with Crippen molar-refractivity contribution in [3.63, 3.8) is 0 Å². The number of amides is 2. The number of aryl methyl sites for hydroxylation is 2. The van der Waals surface area contributed by atoms with Gasteiger partial charge >= 0.3 is 6.03 Å². The Morgan fingerprint density at radius 3 is 2.29 bits per heavy atom. The van der Waals surface area contributed by atoms with Gasteiger partial charge in [-0.15, -0.1) is 0 Å². The number of aromatic nitrogens is 2. The second-order valence-electron chi connectivity index (χ2n) is 9.43. The standard InChI is InChI=1S/C29H32N4O2/c1-19(2)18-32(29(35)31-25-12-8-6-10-21(25)4)22(5)27-30-26-13-9-7-11-24(26)28(34)33(27)23-16-14-20(3)15-17-23/h6-17,19,22H,18H2,1-5H3,(H,31,35). The van der Waals surface area contributed by atoms with Gasteiger partial charge in [-0.25, -0.2) is 9.78 Å². The first-order chi connectivity index (χ1) is 16.8. The maximum atomic E-state index is 13.7. The van der Waals surface area contributed by atoms with Crippen molar-refractivity contribution in [2.45, 2.75) is 40.7 Å². The number of carbonyl (C=O) groups excluding carboxylic acids is 1. The summed E-state index contributed by atoms with van der Waals surface area (Å²) in [7, 11) is 0. The molecule has 0 aliphatic heterocycles. The van der Waals surface area contributed by atoms with Crippen molar-refractivity contribution in [1.29, 1.82) is 0 Å². The van der Waals surface area contributed by atoms with E-state index in [1.165, 1.54) is 0 Å². The Kier molecular flexibility index (Phi) is 7.01. The second kappa shape index (κ2) is 10.1. The second-order valence-corrected chi connectivity index (χ2v) is 9.43. The maximum absolute atomic E-state index is 13.7. The van der Waals surface area contributed by atoms with E-state index in [0.717, 1.165) is 22.5 Å². The number of carbonyl (C=O) groups is 1. The Morgan fingerprint density at radius 2 is 1.60 bits per heavy atom. The van der Waals surface area contributed by atoms with Gasteiger partial charge in [0.15, 0.2) is 0 Å². The van der Waals surface area contributed by atoms with Crippen LogP contribution in [0.1, 0.15) is 43.8 Å². The number of fused-ring (bicyclic) bond motifs is 1. The van der Waals surface area contributed by atoms with Crippen LogP contribution < -0.4 is 10.9 Å². The fraction of sp³-hybridized carbons (Fsp3) is 0.276. The Balaban J connectivity index is 1.85. The van der Waals surface area contributed by atoms with Crippen LogP contribution in [0.15, 0.2) is 77.6 Å². The van der Waals surface area contributed by atoms with Crippen LogP contribution in [0.25, 0.3) is 16.6 Å². The molecule has 3 aromatic carbocycles. The maximum Gasteiger partial charge on any atom is 0.322 e. The largest absolute Gasteiger partial charge is 0.322 e. The highest BCUT2D eigenvalue weighted by Gasteiger charge is 2.28. The zero-order valence-corrected chi connectivity index (χ0v) is 20.9. The highest BCUT2D eigenvalue weighted by atomic mass is 16.2. The van der Waals surface area contributed by atoms with Crippen molar-refractivity contribution in [1.82, 2.24) is 14.5 Å². The molecular formula is C29H32N4O2. The van der Waals surface area contributed by atoms with Crippen LogP contribution in [0.2, 0.25) is 0 Å². The summed E-state index contributed by atoms with van der Waals surface area (Å²) >= 11 is 0. The van der Waals surface area contributed by atoms with Gasteiger partial charge < -0.3 is 10.2 Å². The highest BCUT2D eigenvalue weighted by Crippen LogP contribution is 2.25. The molecule has 0 aliphatic carbocycles. The summed E-state index contributed by atoms with van der Waals surface area (Å²) in [6.07, 6.45) is 0. The first-order valence-corrected chi connectivity index (χ1v) is 12.0. The number of anilines is 1. The van der Waals surface area contributed by atoms with Crippen molar-refractivity contribution in [3.8, 4) is 5.69 Å². The summed E-state index contributed by atoms with van der Waals surface area (Å²) in [5.74, 6) is 0.748. The molecule has 0 aliphatic rings. The number of para-hydroxylation sites is 2. The van der Waals surface area contributed by atoms with Crippen molar-refractivity contribution in [3.05, 3.63) is 100 Å². The number of rotatable bonds is 6. The van der Waals surface area contributed by atoms with Crippen molar-refractivity contribution in [2.24, 2.45) is 5.92 Å². The molecule has 0 fully saturated rings. The molecule has 35 heavy (non-hydrogen) atoms. The Labute approximate surface area is 206 Å². The lowest BCUT2D eigenvalue weighted by Gasteiger charge is -2.32. The molecule has 4 rings (SSSR count). The third kappa shape index (κ3) is 5.11. The fourth-order valence-corrected chi connectivity index (χ4v) is 4.22. The van der Waals surface area contributed by atoms with E-state index in [0.29, 0.717) is 23.3 Å². The molecular weight excluding hydrogens is 436 g/mol. The molecule has 1 heterocycles. The van der Waals surface area contributed by atoms with Gasteiger partial charge in [-0.05, 0) is 62.6 Å². The zero-order valence-electron chi connectivity index (χ0n) is 20.9. The molecule has 6 heteroatoms. The van der Waals surface area contributed by atoms with Crippen molar-refractivity contribution < 1.29 is 4.79 Å². The SMILES string of the molecule is Cc1ccc(-n2c(C(C)N(CC(C)C)C(=O)Nc3ccccc3C)nc3ccccc3c2=O)cc1. The summed E-state index contributed by atoms with van der Waals surface area (Å²) in [6.45, 7) is 10.6. The number of hydrogen-bond donors (Lipinski definition) is 1. The van der Waals surface area contributed by atoms with Crippen molar-refractivity contribution in [2.75, 3.05) is 11.9 Å². The molecule has 180 valence electrons. The zero-order chi connectivity index (χ0) is 25.1. The topological polar surface area (TPSA) is 67.2 Å². The van der Waals surface area contributed by atoms with Gasteiger partial charge in [-0.3, -0.25) is 9.36 Å². The number of benzene rings is 3. The smallest absolute Gasteiger partial charge is 0.314 e. The van der Waals surface area contributed by atoms with E-state index in [2.05, 4.69) is 19.2 Å². The van der Waals surface area contributed by atoms with Gasteiger partial charge in [0, 0.05) is 12.2 Å². The van der Waals surface area contributed by atoms with Crippen LogP contribution >= 0.6 is 0 Å². The number of nitrogens with zero attached hydrogens (tertiary/aromatic N) is 3. The van der Waals surface area contributed by atoms with Crippen molar-refractivity contribution >= 4 is 22.6 Å². The molecule has 0 bridgehead atoms. The molecule has 1 unspecified atom stereocenters. The lowest BCUT2D eigenvalue weighted by molar-refractivity contribution is 0.179. The minimum absolute atomic E-state index is 0.148. The summed E-state index contributed by atoms with van der Waals surface area (Å²) in [5.41, 5.74) is 4.05. The first kappa shape index (κ1) is 24.2. The Hall–Kier alpha value is -3.93. The minimum atomic E-state index is -0.458. The summed E-state index contributed by atoms with van der Waals surface area (Å²) in [4.78, 5) is 33.9. The molecule has 0 saturated heterocycles. The van der Waals surface area contributed by atoms with E-state index in [-0.39, 0.29) is 17.5 Å². The van der Waals surface area contributed by atoms with Crippen LogP contribution in [0.4, 0.5) is 10.5 Å². The number of nitrogens with one attached hydrogen (secondary N) is 1. The summed E-state index contributed by atoms with van der Waals surface area (Å²) < 4.78 is 1.64. The minimum Gasteiger partial charge on any atom is -0.314 e. The number of urea groups is 1.